The molecule has 1 aliphatic heterocycles. The number of nitrogens with two attached hydrogens (primary N) is 1. The van der Waals surface area contributed by atoms with Crippen molar-refractivity contribution in [2.75, 3.05) is 19.6 Å². The molecule has 1 aliphatic rings. The second-order valence-electron chi connectivity index (χ2n) is 2.44. The van der Waals surface area contributed by atoms with Crippen LogP contribution in [0.15, 0.2) is 11.9 Å². The zero-order valence-corrected chi connectivity index (χ0v) is 6.67. The maximum absolute atomic E-state index is 5.64. The standard InChI is InChI=1S/C7H15N3/c1-3-9-5-7(8)6-10(9)4-2/h5H,3-4,6,8H2,1-2H3. The van der Waals surface area contributed by atoms with E-state index in [0.717, 1.165) is 25.3 Å². The molecule has 0 aromatic carbocycles. The molecule has 0 spiro atoms. The van der Waals surface area contributed by atoms with Crippen molar-refractivity contribution in [2.45, 2.75) is 13.8 Å². The summed E-state index contributed by atoms with van der Waals surface area (Å²) >= 11 is 0. The van der Waals surface area contributed by atoms with E-state index in [1.807, 2.05) is 6.20 Å². The Balaban J connectivity index is 2.52. The van der Waals surface area contributed by atoms with E-state index in [9.17, 15) is 0 Å². The van der Waals surface area contributed by atoms with E-state index in [2.05, 4.69) is 23.9 Å². The molecule has 0 unspecified atom stereocenters. The van der Waals surface area contributed by atoms with Gasteiger partial charge in [-0.05, 0) is 6.92 Å². The molecule has 0 radical (unpaired) electrons. The van der Waals surface area contributed by atoms with Gasteiger partial charge in [0, 0.05) is 25.0 Å². The fourth-order valence-electron chi connectivity index (χ4n) is 1.20. The molecule has 0 atom stereocenters. The van der Waals surface area contributed by atoms with E-state index in [0.29, 0.717) is 0 Å². The summed E-state index contributed by atoms with van der Waals surface area (Å²) in [6.45, 7) is 7.19. The largest absolute Gasteiger partial charge is 0.400 e. The van der Waals surface area contributed by atoms with Crippen LogP contribution in [-0.4, -0.2) is 29.7 Å². The van der Waals surface area contributed by atoms with Gasteiger partial charge in [0.2, 0.25) is 0 Å². The highest BCUT2D eigenvalue weighted by atomic mass is 15.6. The zero-order valence-electron chi connectivity index (χ0n) is 6.67. The molecule has 0 fully saturated rings. The van der Waals surface area contributed by atoms with Crippen molar-refractivity contribution in [1.29, 1.82) is 0 Å². The summed E-state index contributed by atoms with van der Waals surface area (Å²) in [7, 11) is 0. The zero-order chi connectivity index (χ0) is 7.56. The molecule has 58 valence electrons. The Morgan fingerprint density at radius 2 is 2.20 bits per heavy atom. The molecular formula is C7H15N3. The molecule has 2 N–H and O–H groups in total. The molecule has 0 bridgehead atoms. The van der Waals surface area contributed by atoms with Gasteiger partial charge in [-0.2, -0.15) is 0 Å². The van der Waals surface area contributed by atoms with Gasteiger partial charge in [-0.3, -0.25) is 0 Å². The van der Waals surface area contributed by atoms with Crippen LogP contribution in [0.4, 0.5) is 0 Å². The lowest BCUT2D eigenvalue weighted by Gasteiger charge is -2.25. The van der Waals surface area contributed by atoms with Crippen LogP contribution in [0.2, 0.25) is 0 Å². The Morgan fingerprint density at radius 3 is 2.60 bits per heavy atom. The third kappa shape index (κ3) is 1.24. The first-order valence-electron chi connectivity index (χ1n) is 3.75. The molecule has 0 aliphatic carbocycles. The third-order valence-electron chi connectivity index (χ3n) is 1.73. The van der Waals surface area contributed by atoms with Crippen molar-refractivity contribution in [2.24, 2.45) is 5.73 Å². The monoisotopic (exact) mass is 141 g/mol. The molecule has 1 rings (SSSR count). The van der Waals surface area contributed by atoms with Crippen molar-refractivity contribution >= 4 is 0 Å². The summed E-state index contributed by atoms with van der Waals surface area (Å²) in [6, 6.07) is 0. The minimum absolute atomic E-state index is 0.893. The van der Waals surface area contributed by atoms with Crippen LogP contribution >= 0.6 is 0 Å². The lowest BCUT2D eigenvalue weighted by Crippen LogP contribution is -2.35. The van der Waals surface area contributed by atoms with Gasteiger partial charge in [-0.1, -0.05) is 6.92 Å². The van der Waals surface area contributed by atoms with Crippen LogP contribution in [0.25, 0.3) is 0 Å². The normalized spacial score (nSPS) is 19.8. The van der Waals surface area contributed by atoms with Crippen molar-refractivity contribution in [3.8, 4) is 0 Å². The average molecular weight is 141 g/mol. The number of rotatable bonds is 2. The Labute approximate surface area is 62.1 Å². The molecule has 0 amide bonds. The maximum atomic E-state index is 5.64. The average Bonchev–Trinajstić information content (AvgIpc) is 2.30. The van der Waals surface area contributed by atoms with Crippen molar-refractivity contribution < 1.29 is 0 Å². The fraction of sp³-hybridized carbons (Fsp3) is 0.714. The number of likely N-dealkylation sites (N-methyl/N-ethyl adjacent to an activating group) is 1. The molecule has 0 aromatic rings. The third-order valence-corrected chi connectivity index (χ3v) is 1.73. The number of nitrogens with zero attached hydrogens (tertiary/aromatic N) is 2. The van der Waals surface area contributed by atoms with Crippen molar-refractivity contribution in [3.05, 3.63) is 11.9 Å². The first kappa shape index (κ1) is 7.41. The lowest BCUT2D eigenvalue weighted by molar-refractivity contribution is 0.0634. The van der Waals surface area contributed by atoms with Gasteiger partial charge in [0.25, 0.3) is 0 Å². The second kappa shape index (κ2) is 2.92. The van der Waals surface area contributed by atoms with E-state index >= 15 is 0 Å². The van der Waals surface area contributed by atoms with Gasteiger partial charge in [-0.25, -0.2) is 5.01 Å². The highest BCUT2D eigenvalue weighted by Gasteiger charge is 2.15. The van der Waals surface area contributed by atoms with E-state index in [-0.39, 0.29) is 0 Å². The van der Waals surface area contributed by atoms with E-state index < -0.39 is 0 Å². The molecule has 1 heterocycles. The van der Waals surface area contributed by atoms with Gasteiger partial charge in [0.05, 0.1) is 6.54 Å². The number of hydrazine groups is 1. The lowest BCUT2D eigenvalue weighted by atomic mass is 10.5. The first-order chi connectivity index (χ1) is 4.77. The topological polar surface area (TPSA) is 32.5 Å². The molecular weight excluding hydrogens is 126 g/mol. The molecule has 3 nitrogen and oxygen atoms in total. The highest BCUT2D eigenvalue weighted by Crippen LogP contribution is 2.09. The Bertz CT molecular complexity index is 142. The van der Waals surface area contributed by atoms with Crippen LogP contribution in [0.1, 0.15) is 13.8 Å². The number of hydrogen-bond acceptors (Lipinski definition) is 3. The molecule has 0 saturated carbocycles. The maximum Gasteiger partial charge on any atom is 0.0592 e. The summed E-state index contributed by atoms with van der Waals surface area (Å²) in [5, 5.41) is 4.37. The minimum atomic E-state index is 0.893. The van der Waals surface area contributed by atoms with Crippen LogP contribution in [0, 0.1) is 0 Å². The van der Waals surface area contributed by atoms with Crippen molar-refractivity contribution in [3.63, 3.8) is 0 Å². The van der Waals surface area contributed by atoms with Gasteiger partial charge in [0.1, 0.15) is 0 Å². The summed E-state index contributed by atoms with van der Waals surface area (Å²) in [5.41, 5.74) is 6.61. The van der Waals surface area contributed by atoms with Crippen molar-refractivity contribution in [1.82, 2.24) is 10.0 Å². The van der Waals surface area contributed by atoms with Gasteiger partial charge >= 0.3 is 0 Å². The Kier molecular flexibility index (Phi) is 2.17. The Hall–Kier alpha value is -0.700. The van der Waals surface area contributed by atoms with Gasteiger partial charge < -0.3 is 10.7 Å². The molecule has 3 heteroatoms. The number of hydrogen-bond donors (Lipinski definition) is 1. The summed E-state index contributed by atoms with van der Waals surface area (Å²) < 4.78 is 0. The predicted octanol–water partition coefficient (Wildman–Crippen LogP) is 0.359. The first-order valence-corrected chi connectivity index (χ1v) is 3.75. The van der Waals surface area contributed by atoms with Crippen LogP contribution in [0.3, 0.4) is 0 Å². The SMILES string of the molecule is CCN1C=C(N)CN1CC. The highest BCUT2D eigenvalue weighted by molar-refractivity contribution is 5.03. The molecule has 0 saturated heterocycles. The van der Waals surface area contributed by atoms with Crippen LogP contribution in [-0.2, 0) is 0 Å². The fourth-order valence-corrected chi connectivity index (χ4v) is 1.20. The second-order valence-corrected chi connectivity index (χ2v) is 2.44. The Morgan fingerprint density at radius 1 is 1.50 bits per heavy atom. The van der Waals surface area contributed by atoms with E-state index in [4.69, 9.17) is 5.73 Å². The predicted molar refractivity (Wildman–Crippen MR) is 41.9 cm³/mol. The minimum Gasteiger partial charge on any atom is -0.400 e. The quantitative estimate of drug-likeness (QED) is 0.602. The summed E-state index contributed by atoms with van der Waals surface area (Å²) in [5.74, 6) is 0. The molecule has 10 heavy (non-hydrogen) atoms. The van der Waals surface area contributed by atoms with Gasteiger partial charge in [-0.15, -0.1) is 0 Å². The molecule has 0 aromatic heterocycles. The summed E-state index contributed by atoms with van der Waals surface area (Å²) in [4.78, 5) is 0. The summed E-state index contributed by atoms with van der Waals surface area (Å²) in [6.07, 6.45) is 2.00. The van der Waals surface area contributed by atoms with E-state index in [1.54, 1.807) is 0 Å². The van der Waals surface area contributed by atoms with Gasteiger partial charge in [0.15, 0.2) is 0 Å². The van der Waals surface area contributed by atoms with Crippen LogP contribution in [0.5, 0.6) is 0 Å². The smallest absolute Gasteiger partial charge is 0.0592 e. The van der Waals surface area contributed by atoms with E-state index in [1.165, 1.54) is 0 Å². The van der Waals surface area contributed by atoms with Crippen LogP contribution < -0.4 is 5.73 Å².